The Balaban J connectivity index is 1.46. The fourth-order valence-corrected chi connectivity index (χ4v) is 5.40. The number of carbonyl (C=O) groups excluding carboxylic acids is 1. The highest BCUT2D eigenvalue weighted by Gasteiger charge is 2.25. The highest BCUT2D eigenvalue weighted by molar-refractivity contribution is 7.91. The van der Waals surface area contributed by atoms with Gasteiger partial charge >= 0.3 is 0 Å². The van der Waals surface area contributed by atoms with Gasteiger partial charge < -0.3 is 14.5 Å². The van der Waals surface area contributed by atoms with Crippen LogP contribution in [0.5, 0.6) is 5.75 Å². The van der Waals surface area contributed by atoms with Gasteiger partial charge in [0, 0.05) is 31.7 Å². The van der Waals surface area contributed by atoms with Crippen LogP contribution >= 0.6 is 11.3 Å². The number of methoxy groups -OCH3 is 1. The number of thiazole rings is 1. The molecule has 0 unspecified atom stereocenters. The Hall–Kier alpha value is -2.65. The van der Waals surface area contributed by atoms with Crippen LogP contribution in [0, 0.1) is 0 Å². The summed E-state index contributed by atoms with van der Waals surface area (Å²) in [7, 11) is -1.70. The number of nitrogens with zero attached hydrogens (tertiary/aromatic N) is 3. The van der Waals surface area contributed by atoms with Crippen molar-refractivity contribution in [2.45, 2.75) is 11.8 Å². The molecular weight excluding hydrogens is 422 g/mol. The van der Waals surface area contributed by atoms with Gasteiger partial charge in [-0.3, -0.25) is 4.79 Å². The summed E-state index contributed by atoms with van der Waals surface area (Å²) in [4.78, 5) is 21.8. The molecule has 2 aromatic carbocycles. The van der Waals surface area contributed by atoms with Crippen LogP contribution in [0.1, 0.15) is 17.3 Å². The molecule has 1 aliphatic heterocycles. The highest BCUT2D eigenvalue weighted by Crippen LogP contribution is 2.32. The van der Waals surface area contributed by atoms with E-state index in [2.05, 4.69) is 4.90 Å². The number of anilines is 1. The van der Waals surface area contributed by atoms with Gasteiger partial charge in [0.15, 0.2) is 15.0 Å². The molecule has 2 heterocycles. The SMILES string of the molecule is CCS(=O)(=O)c1cccc(C(=O)N2CCN(c3nc4ccc(OC)cc4s3)CC2)c1. The first-order valence-electron chi connectivity index (χ1n) is 9.73. The molecule has 0 radical (unpaired) electrons. The summed E-state index contributed by atoms with van der Waals surface area (Å²) < 4.78 is 30.6. The van der Waals surface area contributed by atoms with E-state index < -0.39 is 9.84 Å². The van der Waals surface area contributed by atoms with Crippen molar-refractivity contribution in [2.75, 3.05) is 43.9 Å². The number of ether oxygens (including phenoxy) is 1. The summed E-state index contributed by atoms with van der Waals surface area (Å²) in [6.07, 6.45) is 0. The Morgan fingerprint density at radius 3 is 2.60 bits per heavy atom. The maximum Gasteiger partial charge on any atom is 0.254 e. The van der Waals surface area contributed by atoms with Crippen LogP contribution in [0.3, 0.4) is 0 Å². The minimum Gasteiger partial charge on any atom is -0.497 e. The van der Waals surface area contributed by atoms with E-state index in [1.807, 2.05) is 18.2 Å². The first-order chi connectivity index (χ1) is 14.4. The van der Waals surface area contributed by atoms with Crippen molar-refractivity contribution in [2.24, 2.45) is 0 Å². The lowest BCUT2D eigenvalue weighted by Crippen LogP contribution is -2.48. The van der Waals surface area contributed by atoms with Crippen molar-refractivity contribution < 1.29 is 17.9 Å². The first kappa shape index (κ1) is 20.6. The average molecular weight is 446 g/mol. The largest absolute Gasteiger partial charge is 0.497 e. The second kappa shape index (κ2) is 8.23. The Bertz CT molecular complexity index is 1180. The van der Waals surface area contributed by atoms with Crippen LogP contribution < -0.4 is 9.64 Å². The Morgan fingerprint density at radius 1 is 1.13 bits per heavy atom. The first-order valence-corrected chi connectivity index (χ1v) is 12.2. The van der Waals surface area contributed by atoms with Crippen LogP contribution in [0.4, 0.5) is 5.13 Å². The van der Waals surface area contributed by atoms with Crippen LogP contribution in [0.15, 0.2) is 47.4 Å². The minimum atomic E-state index is -3.34. The summed E-state index contributed by atoms with van der Waals surface area (Å²) in [6.45, 7) is 4.07. The Morgan fingerprint density at radius 2 is 1.90 bits per heavy atom. The number of aromatic nitrogens is 1. The molecule has 1 saturated heterocycles. The zero-order valence-corrected chi connectivity index (χ0v) is 18.5. The Kier molecular flexibility index (Phi) is 5.66. The van der Waals surface area contributed by atoms with E-state index in [-0.39, 0.29) is 16.6 Å². The molecule has 1 fully saturated rings. The smallest absolute Gasteiger partial charge is 0.254 e. The van der Waals surface area contributed by atoms with Gasteiger partial charge in [-0.05, 0) is 36.4 Å². The second-order valence-corrected chi connectivity index (χ2v) is 10.3. The predicted octanol–water partition coefficient (Wildman–Crippen LogP) is 3.06. The molecule has 0 saturated carbocycles. The third kappa shape index (κ3) is 3.99. The maximum atomic E-state index is 12.9. The molecule has 9 heteroatoms. The van der Waals surface area contributed by atoms with E-state index in [4.69, 9.17) is 9.72 Å². The summed E-state index contributed by atoms with van der Waals surface area (Å²) in [6, 6.07) is 12.1. The molecule has 7 nitrogen and oxygen atoms in total. The standard InChI is InChI=1S/C21H23N3O4S2/c1-3-30(26,27)17-6-4-5-15(13-17)20(25)23-9-11-24(12-10-23)21-22-18-8-7-16(28-2)14-19(18)29-21/h4-8,13-14H,3,9-12H2,1-2H3. The van der Waals surface area contributed by atoms with Gasteiger partial charge in [-0.15, -0.1) is 0 Å². The van der Waals surface area contributed by atoms with Gasteiger partial charge in [-0.25, -0.2) is 13.4 Å². The van der Waals surface area contributed by atoms with Crippen molar-refractivity contribution in [1.82, 2.24) is 9.88 Å². The van der Waals surface area contributed by atoms with E-state index in [0.717, 1.165) is 21.1 Å². The molecule has 1 aromatic heterocycles. The number of piperazine rings is 1. The zero-order valence-electron chi connectivity index (χ0n) is 16.9. The molecule has 1 amide bonds. The van der Waals surface area contributed by atoms with Crippen molar-refractivity contribution >= 4 is 42.4 Å². The Labute approximate surface area is 179 Å². The molecule has 158 valence electrons. The van der Waals surface area contributed by atoms with Crippen LogP contribution in [-0.4, -0.2) is 63.3 Å². The fourth-order valence-electron chi connectivity index (χ4n) is 3.43. The van der Waals surface area contributed by atoms with Crippen LogP contribution in [0.2, 0.25) is 0 Å². The van der Waals surface area contributed by atoms with Gasteiger partial charge in [-0.2, -0.15) is 0 Å². The van der Waals surface area contributed by atoms with Crippen molar-refractivity contribution in [1.29, 1.82) is 0 Å². The molecule has 0 spiro atoms. The number of sulfone groups is 1. The van der Waals surface area contributed by atoms with E-state index in [1.54, 1.807) is 42.4 Å². The number of fused-ring (bicyclic) bond motifs is 1. The summed E-state index contributed by atoms with van der Waals surface area (Å²) >= 11 is 1.61. The van der Waals surface area contributed by atoms with E-state index in [1.165, 1.54) is 12.1 Å². The van der Waals surface area contributed by atoms with Crippen molar-refractivity contribution in [3.63, 3.8) is 0 Å². The van der Waals surface area contributed by atoms with Gasteiger partial charge in [-0.1, -0.05) is 24.3 Å². The lowest BCUT2D eigenvalue weighted by atomic mass is 10.2. The van der Waals surface area contributed by atoms with Gasteiger partial charge in [0.1, 0.15) is 5.75 Å². The summed E-state index contributed by atoms with van der Waals surface area (Å²) in [5.74, 6) is 0.675. The average Bonchev–Trinajstić information content (AvgIpc) is 3.22. The third-order valence-electron chi connectivity index (χ3n) is 5.24. The second-order valence-electron chi connectivity index (χ2n) is 7.04. The summed E-state index contributed by atoms with van der Waals surface area (Å²) in [5, 5.41) is 0.932. The number of amides is 1. The van der Waals surface area contributed by atoms with Gasteiger partial charge in [0.25, 0.3) is 5.91 Å². The number of benzene rings is 2. The number of rotatable bonds is 5. The normalized spacial score (nSPS) is 14.9. The number of hydrogen-bond donors (Lipinski definition) is 0. The summed E-state index contributed by atoms with van der Waals surface area (Å²) in [5.41, 5.74) is 1.34. The topological polar surface area (TPSA) is 79.8 Å². The van der Waals surface area contributed by atoms with Crippen molar-refractivity contribution in [3.8, 4) is 5.75 Å². The molecule has 0 atom stereocenters. The quantitative estimate of drug-likeness (QED) is 0.601. The number of carbonyl (C=O) groups is 1. The third-order valence-corrected chi connectivity index (χ3v) is 8.05. The molecule has 0 N–H and O–H groups in total. The molecule has 0 bridgehead atoms. The monoisotopic (exact) mass is 445 g/mol. The predicted molar refractivity (Wildman–Crippen MR) is 118 cm³/mol. The lowest BCUT2D eigenvalue weighted by molar-refractivity contribution is 0.0746. The van der Waals surface area contributed by atoms with E-state index in [9.17, 15) is 13.2 Å². The van der Waals surface area contributed by atoms with E-state index in [0.29, 0.717) is 31.7 Å². The minimum absolute atomic E-state index is 0.0113. The molecular formula is C21H23N3O4S2. The van der Waals surface area contributed by atoms with Gasteiger partial charge in [0.05, 0.1) is 28.0 Å². The lowest BCUT2D eigenvalue weighted by Gasteiger charge is -2.34. The number of hydrogen-bond acceptors (Lipinski definition) is 7. The van der Waals surface area contributed by atoms with Crippen LogP contribution in [-0.2, 0) is 9.84 Å². The van der Waals surface area contributed by atoms with Crippen LogP contribution in [0.25, 0.3) is 10.2 Å². The molecule has 0 aliphatic carbocycles. The molecule has 1 aliphatic rings. The fraction of sp³-hybridized carbons (Fsp3) is 0.333. The van der Waals surface area contributed by atoms with Gasteiger partial charge in [0.2, 0.25) is 0 Å². The highest BCUT2D eigenvalue weighted by atomic mass is 32.2. The molecule has 4 rings (SSSR count). The maximum absolute atomic E-state index is 12.9. The van der Waals surface area contributed by atoms with Crippen molar-refractivity contribution in [3.05, 3.63) is 48.0 Å². The molecule has 3 aromatic rings. The van der Waals surface area contributed by atoms with E-state index >= 15 is 0 Å². The zero-order chi connectivity index (χ0) is 21.3. The molecule has 30 heavy (non-hydrogen) atoms.